The van der Waals surface area contributed by atoms with E-state index in [4.69, 9.17) is 0 Å². The average Bonchev–Trinajstić information content (AvgIpc) is 3.58. The topological polar surface area (TPSA) is 81.9 Å². The van der Waals surface area contributed by atoms with Crippen molar-refractivity contribution < 1.29 is 35.9 Å². The van der Waals surface area contributed by atoms with Crippen molar-refractivity contribution in [2.24, 2.45) is 0 Å². The van der Waals surface area contributed by atoms with Gasteiger partial charge in [0, 0.05) is 5.56 Å². The molecule has 36 heavy (non-hydrogen) atoms. The van der Waals surface area contributed by atoms with E-state index in [0.717, 1.165) is 31.2 Å². The highest BCUT2D eigenvalue weighted by Crippen LogP contribution is 2.42. The number of aromatic nitrogens is 4. The van der Waals surface area contributed by atoms with Crippen molar-refractivity contribution in [3.63, 3.8) is 0 Å². The third-order valence-corrected chi connectivity index (χ3v) is 5.61. The molecule has 7 nitrogen and oxygen atoms in total. The minimum atomic E-state index is -4.60. The van der Waals surface area contributed by atoms with Crippen LogP contribution in [-0.4, -0.2) is 38.4 Å². The van der Waals surface area contributed by atoms with E-state index < -0.39 is 36.5 Å². The lowest BCUT2D eigenvalue weighted by Crippen LogP contribution is -2.29. The van der Waals surface area contributed by atoms with Crippen LogP contribution >= 0.6 is 15.9 Å². The van der Waals surface area contributed by atoms with Crippen LogP contribution in [0.4, 0.5) is 26.3 Å². The summed E-state index contributed by atoms with van der Waals surface area (Å²) in [6, 6.07) is 5.11. The van der Waals surface area contributed by atoms with E-state index in [1.165, 1.54) is 22.9 Å². The number of hydrogen-bond acceptors (Lipinski definition) is 5. The van der Waals surface area contributed by atoms with Gasteiger partial charge in [-0.2, -0.15) is 31.0 Å². The molecule has 1 saturated carbocycles. The lowest BCUT2D eigenvalue weighted by atomic mass is 10.0. The molecule has 4 rings (SSSR count). The fourth-order valence-corrected chi connectivity index (χ4v) is 3.78. The van der Waals surface area contributed by atoms with Crippen molar-refractivity contribution in [2.45, 2.75) is 44.1 Å². The van der Waals surface area contributed by atoms with Crippen molar-refractivity contribution in [3.8, 4) is 11.6 Å². The van der Waals surface area contributed by atoms with Crippen molar-refractivity contribution >= 4 is 21.8 Å². The van der Waals surface area contributed by atoms with Gasteiger partial charge >= 0.3 is 12.4 Å². The Kier molecular flexibility index (Phi) is 6.99. The molecule has 1 unspecified atom stereocenters. The summed E-state index contributed by atoms with van der Waals surface area (Å²) in [6.07, 6.45) is -6.49. The molecule has 1 aromatic carbocycles. The van der Waals surface area contributed by atoms with E-state index >= 15 is 0 Å². The molecular weight excluding hydrogens is 560 g/mol. The molecule has 1 fully saturated rings. The number of carbonyl (C=O) groups is 1. The molecule has 1 N–H and O–H groups in total. The number of nitrogens with zero attached hydrogens (tertiary/aromatic N) is 4. The highest BCUT2D eigenvalue weighted by Gasteiger charge is 2.34. The SMILES string of the molecule is CC(NC(=O)c1cc(C2CC2)cc(C(F)(F)F)c1)c1nc(Br)nn1-c1ccc(OCC(F)(F)F)cn1. The van der Waals surface area contributed by atoms with Gasteiger partial charge in [-0.3, -0.25) is 4.79 Å². The lowest BCUT2D eigenvalue weighted by Gasteiger charge is -2.16. The maximum atomic E-state index is 13.4. The highest BCUT2D eigenvalue weighted by molar-refractivity contribution is 9.10. The molecular formula is C22H18BrF6N5O2. The zero-order chi connectivity index (χ0) is 26.3. The van der Waals surface area contributed by atoms with Crippen LogP contribution in [0.2, 0.25) is 0 Å². The van der Waals surface area contributed by atoms with Crippen LogP contribution in [0, 0.1) is 0 Å². The quantitative estimate of drug-likeness (QED) is 0.361. The number of hydrogen-bond donors (Lipinski definition) is 1. The first-order valence-electron chi connectivity index (χ1n) is 10.6. The molecule has 192 valence electrons. The van der Waals surface area contributed by atoms with Crippen molar-refractivity contribution in [1.29, 1.82) is 0 Å². The van der Waals surface area contributed by atoms with Gasteiger partial charge in [-0.1, -0.05) is 0 Å². The summed E-state index contributed by atoms with van der Waals surface area (Å²) in [7, 11) is 0. The molecule has 1 aliphatic rings. The van der Waals surface area contributed by atoms with E-state index in [9.17, 15) is 31.1 Å². The fraction of sp³-hybridized carbons (Fsp3) is 0.364. The number of alkyl halides is 6. The largest absolute Gasteiger partial charge is 0.483 e. The van der Waals surface area contributed by atoms with E-state index in [1.807, 2.05) is 0 Å². The number of pyridine rings is 1. The second kappa shape index (κ2) is 9.71. The van der Waals surface area contributed by atoms with Gasteiger partial charge < -0.3 is 10.1 Å². The second-order valence-corrected chi connectivity index (χ2v) is 8.93. The van der Waals surface area contributed by atoms with Crippen LogP contribution in [-0.2, 0) is 6.18 Å². The number of rotatable bonds is 7. The minimum absolute atomic E-state index is 0.00415. The van der Waals surface area contributed by atoms with Gasteiger partial charge in [0.2, 0.25) is 4.73 Å². The fourth-order valence-electron chi connectivity index (χ4n) is 3.44. The van der Waals surface area contributed by atoms with Crippen LogP contribution in [0.25, 0.3) is 5.82 Å². The highest BCUT2D eigenvalue weighted by atomic mass is 79.9. The van der Waals surface area contributed by atoms with Crippen molar-refractivity contribution in [3.05, 3.63) is 63.8 Å². The molecule has 0 spiro atoms. The first-order valence-corrected chi connectivity index (χ1v) is 11.4. The second-order valence-electron chi connectivity index (χ2n) is 8.22. The smallest absolute Gasteiger partial charge is 0.422 e. The molecule has 1 atom stereocenters. The predicted octanol–water partition coefficient (Wildman–Crippen LogP) is 5.75. The predicted molar refractivity (Wildman–Crippen MR) is 118 cm³/mol. The van der Waals surface area contributed by atoms with Gasteiger partial charge in [-0.05, 0) is 77.5 Å². The summed E-state index contributed by atoms with van der Waals surface area (Å²) in [5.74, 6) is -0.497. The van der Waals surface area contributed by atoms with Crippen molar-refractivity contribution in [2.75, 3.05) is 6.61 Å². The maximum absolute atomic E-state index is 13.4. The Hall–Kier alpha value is -3.16. The normalized spacial score (nSPS) is 15.0. The van der Waals surface area contributed by atoms with E-state index in [2.05, 4.69) is 41.1 Å². The summed E-state index contributed by atoms with van der Waals surface area (Å²) in [5.41, 5.74) is -0.564. The number of halogens is 7. The lowest BCUT2D eigenvalue weighted by molar-refractivity contribution is -0.153. The van der Waals surface area contributed by atoms with Crippen LogP contribution in [0.5, 0.6) is 5.75 Å². The molecule has 0 aliphatic heterocycles. The van der Waals surface area contributed by atoms with E-state index in [-0.39, 0.29) is 33.6 Å². The Morgan fingerprint density at radius 3 is 2.50 bits per heavy atom. The summed E-state index contributed by atoms with van der Waals surface area (Å²) in [5, 5.41) is 6.75. The van der Waals surface area contributed by atoms with Crippen LogP contribution in [0.1, 0.15) is 59.0 Å². The summed E-state index contributed by atoms with van der Waals surface area (Å²) >= 11 is 3.13. The number of carbonyl (C=O) groups excluding carboxylic acids is 1. The molecule has 2 aromatic heterocycles. The molecule has 0 radical (unpaired) electrons. The van der Waals surface area contributed by atoms with E-state index in [0.29, 0.717) is 5.56 Å². The molecule has 0 saturated heterocycles. The number of amides is 1. The van der Waals surface area contributed by atoms with Gasteiger partial charge in [0.05, 0.1) is 17.8 Å². The monoisotopic (exact) mass is 577 g/mol. The first-order chi connectivity index (χ1) is 16.8. The summed E-state index contributed by atoms with van der Waals surface area (Å²) in [6.45, 7) is 0.0797. The van der Waals surface area contributed by atoms with Crippen molar-refractivity contribution in [1.82, 2.24) is 25.1 Å². The van der Waals surface area contributed by atoms with Gasteiger partial charge in [-0.15, -0.1) is 5.10 Å². The zero-order valence-corrected chi connectivity index (χ0v) is 20.1. The molecule has 3 aromatic rings. The molecule has 2 heterocycles. The standard InChI is InChI=1S/C22H18BrF6N5O2/c1-11(31-19(35)14-6-13(12-2-3-12)7-15(8-14)22(27,28)29)18-32-20(23)33-34(18)17-5-4-16(9-30-17)36-10-21(24,25)26/h4-9,11-12H,2-3,10H2,1H3,(H,31,35). The van der Waals surface area contributed by atoms with Gasteiger partial charge in [0.25, 0.3) is 5.91 Å². The Balaban J connectivity index is 1.54. The van der Waals surface area contributed by atoms with Gasteiger partial charge in [-0.25, -0.2) is 9.97 Å². The Labute approximate surface area is 209 Å². The number of benzene rings is 1. The molecule has 1 amide bonds. The van der Waals surface area contributed by atoms with Gasteiger partial charge in [0.15, 0.2) is 18.2 Å². The first kappa shape index (κ1) is 25.9. The Bertz CT molecular complexity index is 1260. The van der Waals surface area contributed by atoms with Crippen LogP contribution in [0.15, 0.2) is 41.3 Å². The molecule has 1 aliphatic carbocycles. The summed E-state index contributed by atoms with van der Waals surface area (Å²) in [4.78, 5) is 21.1. The maximum Gasteiger partial charge on any atom is 0.422 e. The van der Waals surface area contributed by atoms with Crippen LogP contribution in [0.3, 0.4) is 0 Å². The van der Waals surface area contributed by atoms with Crippen LogP contribution < -0.4 is 10.1 Å². The molecule has 14 heteroatoms. The van der Waals surface area contributed by atoms with E-state index in [1.54, 1.807) is 6.92 Å². The summed E-state index contributed by atoms with van der Waals surface area (Å²) < 4.78 is 83.1. The minimum Gasteiger partial charge on any atom is -0.483 e. The number of nitrogens with one attached hydrogen (secondary N) is 1. The Morgan fingerprint density at radius 2 is 1.92 bits per heavy atom. The van der Waals surface area contributed by atoms with Gasteiger partial charge in [0.1, 0.15) is 5.75 Å². The zero-order valence-electron chi connectivity index (χ0n) is 18.5. The molecule has 0 bridgehead atoms. The third kappa shape index (κ3) is 6.33. The Morgan fingerprint density at radius 1 is 1.19 bits per heavy atom. The number of ether oxygens (including phenoxy) is 1. The average molecular weight is 578 g/mol. The third-order valence-electron chi connectivity index (χ3n) is 5.28.